The summed E-state index contributed by atoms with van der Waals surface area (Å²) in [5.41, 5.74) is 3.03. The molecule has 1 heterocycles. The third kappa shape index (κ3) is 10.5. The van der Waals surface area contributed by atoms with Crippen molar-refractivity contribution in [3.05, 3.63) is 125 Å². The van der Waals surface area contributed by atoms with Crippen molar-refractivity contribution >= 4 is 30.3 Å². The third-order valence-electron chi connectivity index (χ3n) is 9.87. The van der Waals surface area contributed by atoms with E-state index in [4.69, 9.17) is 18.5 Å². The van der Waals surface area contributed by atoms with Crippen LogP contribution in [0.2, 0.25) is 18.1 Å². The van der Waals surface area contributed by atoms with Crippen molar-refractivity contribution in [1.29, 1.82) is 0 Å². The monoisotopic (exact) mass is 767 g/mol. The molecule has 9 nitrogen and oxygen atoms in total. The van der Waals surface area contributed by atoms with E-state index in [0.29, 0.717) is 30.0 Å². The predicted octanol–water partition coefficient (Wildman–Crippen LogP) is 9.38. The first-order valence-corrected chi connectivity index (χ1v) is 21.9. The summed E-state index contributed by atoms with van der Waals surface area (Å²) in [6, 6.07) is 26.6. The first-order chi connectivity index (χ1) is 25.0. The zero-order valence-corrected chi connectivity index (χ0v) is 32.4. The normalized spacial score (nSPS) is 17.0. The van der Waals surface area contributed by atoms with Crippen molar-refractivity contribution in [2.45, 2.75) is 76.9 Å². The summed E-state index contributed by atoms with van der Waals surface area (Å²) in [7, 11) is -6.85. The van der Waals surface area contributed by atoms with Gasteiger partial charge in [0.05, 0.1) is 31.3 Å². The Morgan fingerprint density at radius 3 is 2.13 bits per heavy atom. The lowest BCUT2D eigenvalue weighted by atomic mass is 9.78. The molecular formula is C40H47F2NO8SSi. The van der Waals surface area contributed by atoms with Gasteiger partial charge in [-0.1, -0.05) is 63.2 Å². The Morgan fingerprint density at radius 1 is 0.868 bits per heavy atom. The van der Waals surface area contributed by atoms with Crippen LogP contribution >= 0.6 is 0 Å². The largest absolute Gasteiger partial charge is 0.493 e. The summed E-state index contributed by atoms with van der Waals surface area (Å²) in [5.74, 6) is -0.462. The van der Waals surface area contributed by atoms with Crippen LogP contribution in [0.25, 0.3) is 0 Å². The second-order valence-corrected chi connectivity index (χ2v) is 20.5. The molecule has 1 aliphatic rings. The number of anilines is 1. The fourth-order valence-electron chi connectivity index (χ4n) is 6.03. The number of rotatable bonds is 17. The van der Waals surface area contributed by atoms with Crippen molar-refractivity contribution in [3.8, 4) is 11.5 Å². The topological polar surface area (TPSA) is 112 Å². The molecule has 4 aromatic carbocycles. The lowest BCUT2D eigenvalue weighted by Crippen LogP contribution is -2.55. The number of ether oxygens (including phenoxy) is 2. The number of β-lactam (4-membered cyclic amide) rings is 1. The van der Waals surface area contributed by atoms with Crippen molar-refractivity contribution in [3.63, 3.8) is 0 Å². The van der Waals surface area contributed by atoms with Gasteiger partial charge in [-0.25, -0.2) is 13.0 Å². The highest BCUT2D eigenvalue weighted by Gasteiger charge is 2.50. The van der Waals surface area contributed by atoms with Gasteiger partial charge in [0.2, 0.25) is 5.91 Å². The number of amides is 1. The molecule has 0 spiro atoms. The van der Waals surface area contributed by atoms with Crippen LogP contribution in [0, 0.1) is 17.6 Å². The molecule has 1 aliphatic heterocycles. The zero-order chi connectivity index (χ0) is 38.4. The molecule has 1 amide bonds. The van der Waals surface area contributed by atoms with Gasteiger partial charge in [-0.15, -0.1) is 0 Å². The quantitative estimate of drug-likeness (QED) is 0.0490. The number of halogens is 2. The number of carbonyl (C=O) groups excluding carboxylic acids is 1. The number of benzene rings is 4. The first-order valence-electron chi connectivity index (χ1n) is 17.6. The summed E-state index contributed by atoms with van der Waals surface area (Å²) in [6.07, 6.45) is 0.752. The van der Waals surface area contributed by atoms with Gasteiger partial charge in [0.15, 0.2) is 8.32 Å². The minimum atomic E-state index is -4.55. The van der Waals surface area contributed by atoms with E-state index in [1.807, 2.05) is 36.4 Å². The summed E-state index contributed by atoms with van der Waals surface area (Å²) in [4.78, 5) is 15.8. The Kier molecular flexibility index (Phi) is 12.8. The fourth-order valence-corrected chi connectivity index (χ4v) is 7.68. The SMILES string of the molecule is CC(C)(C)[Si](C)(C)O[C@H](CC[C@H]1C(=O)N(c2ccc(F)cc2)[C@@H]1c1ccc(OCCCOS(=O)(=O)O)cc1OCc1ccccc1)c1ccc(F)cc1. The van der Waals surface area contributed by atoms with Crippen molar-refractivity contribution in [2.24, 2.45) is 5.92 Å². The minimum absolute atomic E-state index is 0.0855. The summed E-state index contributed by atoms with van der Waals surface area (Å²) < 4.78 is 82.3. The average molecular weight is 768 g/mol. The molecule has 1 fully saturated rings. The standard InChI is InChI=1S/C40H47F2NO8SSi/c1-40(2,3)53(4,5)51-36(29-12-14-30(41)15-13-29)23-22-35-38(43(39(35)44)32-18-16-31(42)17-19-32)34-21-20-33(48-24-9-25-50-52(45,46)47)26-37(34)49-27-28-10-7-6-8-11-28/h6-8,10-21,26,35-36,38H,9,22-25,27H2,1-5H3,(H,45,46,47)/t35-,36-,38-/m1/s1. The van der Waals surface area contributed by atoms with Crippen LogP contribution in [0.1, 0.15) is 68.9 Å². The van der Waals surface area contributed by atoms with Crippen LogP contribution in [0.5, 0.6) is 11.5 Å². The Bertz CT molecular complexity index is 1940. The fraction of sp³-hybridized carbons (Fsp3) is 0.375. The van der Waals surface area contributed by atoms with Crippen molar-refractivity contribution in [1.82, 2.24) is 0 Å². The molecule has 3 atom stereocenters. The van der Waals surface area contributed by atoms with Gasteiger partial charge in [-0.2, -0.15) is 8.42 Å². The smallest absolute Gasteiger partial charge is 0.397 e. The minimum Gasteiger partial charge on any atom is -0.493 e. The second-order valence-electron chi connectivity index (χ2n) is 14.7. The lowest BCUT2D eigenvalue weighted by Gasteiger charge is -2.48. The number of hydrogen-bond donors (Lipinski definition) is 1. The maximum Gasteiger partial charge on any atom is 0.397 e. The van der Waals surface area contributed by atoms with Gasteiger partial charge >= 0.3 is 10.4 Å². The molecule has 0 saturated carbocycles. The highest BCUT2D eigenvalue weighted by Crippen LogP contribution is 2.50. The van der Waals surface area contributed by atoms with Gasteiger partial charge in [-0.3, -0.25) is 9.35 Å². The van der Waals surface area contributed by atoms with E-state index in [9.17, 15) is 22.0 Å². The molecule has 284 valence electrons. The molecule has 13 heteroatoms. The lowest BCUT2D eigenvalue weighted by molar-refractivity contribution is -0.131. The van der Waals surface area contributed by atoms with Crippen LogP contribution in [-0.2, 0) is 30.4 Å². The van der Waals surface area contributed by atoms with Crippen molar-refractivity contribution in [2.75, 3.05) is 18.1 Å². The summed E-state index contributed by atoms with van der Waals surface area (Å²) in [5, 5.41) is -0.0855. The molecule has 1 N–H and O–H groups in total. The first kappa shape index (κ1) is 40.1. The van der Waals surface area contributed by atoms with Crippen LogP contribution in [-0.4, -0.2) is 40.4 Å². The molecule has 53 heavy (non-hydrogen) atoms. The van der Waals surface area contributed by atoms with E-state index in [1.54, 1.807) is 41.3 Å². The molecule has 0 aliphatic carbocycles. The van der Waals surface area contributed by atoms with Gasteiger partial charge in [0.25, 0.3) is 0 Å². The van der Waals surface area contributed by atoms with Gasteiger partial charge in [0.1, 0.15) is 29.7 Å². The van der Waals surface area contributed by atoms with Crippen molar-refractivity contribution < 1.29 is 44.6 Å². The predicted molar refractivity (Wildman–Crippen MR) is 202 cm³/mol. The number of hydrogen-bond acceptors (Lipinski definition) is 7. The van der Waals surface area contributed by atoms with Gasteiger partial charge < -0.3 is 18.8 Å². The molecule has 0 unspecified atom stereocenters. The molecule has 0 bridgehead atoms. The molecule has 1 saturated heterocycles. The molecule has 0 radical (unpaired) electrons. The number of carbonyl (C=O) groups is 1. The number of nitrogens with zero attached hydrogens (tertiary/aromatic N) is 1. The second kappa shape index (κ2) is 16.9. The van der Waals surface area contributed by atoms with E-state index in [0.717, 1.165) is 16.7 Å². The van der Waals surface area contributed by atoms with Crippen LogP contribution in [0.3, 0.4) is 0 Å². The maximum atomic E-state index is 14.1. The van der Waals surface area contributed by atoms with Crippen LogP contribution in [0.4, 0.5) is 14.5 Å². The molecular weight excluding hydrogens is 721 g/mol. The summed E-state index contributed by atoms with van der Waals surface area (Å²) in [6.45, 7) is 10.9. The Balaban J connectivity index is 1.47. The highest BCUT2D eigenvalue weighted by molar-refractivity contribution is 7.80. The van der Waals surface area contributed by atoms with Gasteiger partial charge in [0, 0.05) is 23.7 Å². The Labute approximate surface area is 311 Å². The van der Waals surface area contributed by atoms with Gasteiger partial charge in [-0.05, 0) is 90.6 Å². The molecule has 4 aromatic rings. The third-order valence-corrected chi connectivity index (χ3v) is 14.8. The highest BCUT2D eigenvalue weighted by atomic mass is 32.3. The summed E-state index contributed by atoms with van der Waals surface area (Å²) >= 11 is 0. The Hall–Kier alpha value is -4.14. The van der Waals surface area contributed by atoms with E-state index in [-0.39, 0.29) is 49.1 Å². The molecule has 5 rings (SSSR count). The molecule has 0 aromatic heterocycles. The van der Waals surface area contributed by atoms with Crippen LogP contribution in [0.15, 0.2) is 97.1 Å². The van der Waals surface area contributed by atoms with Crippen LogP contribution < -0.4 is 14.4 Å². The Morgan fingerprint density at radius 2 is 1.51 bits per heavy atom. The van der Waals surface area contributed by atoms with E-state index in [1.165, 1.54) is 24.3 Å². The average Bonchev–Trinajstić information content (AvgIpc) is 3.10. The van der Waals surface area contributed by atoms with E-state index in [2.05, 4.69) is 38.0 Å². The maximum absolute atomic E-state index is 14.1. The van der Waals surface area contributed by atoms with E-state index < -0.39 is 36.5 Å². The zero-order valence-electron chi connectivity index (χ0n) is 30.6. The van der Waals surface area contributed by atoms with E-state index >= 15 is 0 Å².